The topological polar surface area (TPSA) is 187 Å². The molecule has 298 valence electrons. The minimum Gasteiger partial charge on any atom is -0.486 e. The zero-order valence-electron chi connectivity index (χ0n) is 31.8. The number of aliphatic hydroxyl groups is 3. The number of hydrogen-bond acceptors (Lipinski definition) is 9. The maximum Gasteiger partial charge on any atom is 0.410 e. The molecule has 5 atom stereocenters. The summed E-state index contributed by atoms with van der Waals surface area (Å²) in [6.07, 6.45) is -1.41. The molecule has 0 radical (unpaired) electrons. The van der Waals surface area contributed by atoms with Gasteiger partial charge in [0.25, 0.3) is 5.91 Å². The van der Waals surface area contributed by atoms with Gasteiger partial charge in [-0.1, -0.05) is 110 Å². The van der Waals surface area contributed by atoms with Gasteiger partial charge in [-0.3, -0.25) is 9.69 Å². The number of nitrogens with one attached hydrogen (secondary N) is 1. The van der Waals surface area contributed by atoms with Crippen molar-refractivity contribution in [3.05, 3.63) is 110 Å². The van der Waals surface area contributed by atoms with Crippen LogP contribution in [0.15, 0.2) is 77.9 Å². The number of carbonyl (C=O) groups is 2. The number of benzene rings is 3. The number of azide groups is 1. The number of halogens is 2. The van der Waals surface area contributed by atoms with Gasteiger partial charge in [-0.05, 0) is 66.2 Å². The van der Waals surface area contributed by atoms with Crippen LogP contribution in [0.2, 0.25) is 28.2 Å². The monoisotopic (exact) mass is 815 g/mol. The van der Waals surface area contributed by atoms with E-state index in [2.05, 4.69) is 15.3 Å². The van der Waals surface area contributed by atoms with E-state index >= 15 is 0 Å². The van der Waals surface area contributed by atoms with E-state index in [1.54, 1.807) is 12.1 Å². The minimum atomic E-state index is -2.71. The summed E-state index contributed by atoms with van der Waals surface area (Å²) in [6, 6.07) is 18.6. The Labute approximate surface area is 333 Å². The van der Waals surface area contributed by atoms with Crippen LogP contribution < -0.4 is 10.1 Å². The lowest BCUT2D eigenvalue weighted by Gasteiger charge is -2.50. The highest BCUT2D eigenvalue weighted by Crippen LogP contribution is 2.46. The second-order valence-corrected chi connectivity index (χ2v) is 20.8. The molecule has 2 amide bonds. The molecule has 13 nitrogen and oxygen atoms in total. The van der Waals surface area contributed by atoms with Gasteiger partial charge in [0.2, 0.25) is 0 Å². The number of nitrogens with zero attached hydrogens (tertiary/aromatic N) is 4. The molecule has 0 aromatic heterocycles. The summed E-state index contributed by atoms with van der Waals surface area (Å²) in [5, 5.41) is 39.0. The molecule has 0 spiro atoms. The van der Waals surface area contributed by atoms with E-state index in [1.807, 2.05) is 82.4 Å². The number of likely N-dealkylation sites (tertiary alicyclic amines) is 1. The Balaban J connectivity index is 1.65. The zero-order chi connectivity index (χ0) is 40.4. The molecule has 55 heavy (non-hydrogen) atoms. The number of hydrogen-bond donors (Lipinski definition) is 4. The van der Waals surface area contributed by atoms with Crippen LogP contribution in [0.25, 0.3) is 10.4 Å². The Morgan fingerprint density at radius 1 is 1.00 bits per heavy atom. The molecular weight excluding hydrogens is 765 g/mol. The normalized spacial score (nSPS) is 18.9. The molecule has 0 bridgehead atoms. The fourth-order valence-corrected chi connectivity index (χ4v) is 8.49. The maximum absolute atomic E-state index is 14.3. The molecular formula is C39H51Cl2N5O8Si. The van der Waals surface area contributed by atoms with Crippen molar-refractivity contribution in [1.29, 1.82) is 0 Å². The van der Waals surface area contributed by atoms with Crippen molar-refractivity contribution in [3.63, 3.8) is 0 Å². The zero-order valence-corrected chi connectivity index (χ0v) is 34.3. The second-order valence-electron chi connectivity index (χ2n) is 15.2. The molecule has 4 N–H and O–H groups in total. The Kier molecular flexibility index (Phi) is 15.4. The van der Waals surface area contributed by atoms with Crippen LogP contribution in [0.1, 0.15) is 61.5 Å². The van der Waals surface area contributed by atoms with E-state index in [4.69, 9.17) is 37.1 Å². The average Bonchev–Trinajstić information content (AvgIpc) is 3.53. The van der Waals surface area contributed by atoms with E-state index in [0.717, 1.165) is 11.1 Å². The average molecular weight is 817 g/mol. The van der Waals surface area contributed by atoms with Crippen LogP contribution in [-0.2, 0) is 22.4 Å². The highest BCUT2D eigenvalue weighted by Gasteiger charge is 2.58. The van der Waals surface area contributed by atoms with Crippen LogP contribution in [-0.4, -0.2) is 90.1 Å². The van der Waals surface area contributed by atoms with Crippen LogP contribution in [0.3, 0.4) is 0 Å². The largest absolute Gasteiger partial charge is 0.486 e. The predicted molar refractivity (Wildman–Crippen MR) is 214 cm³/mol. The van der Waals surface area contributed by atoms with E-state index in [-0.39, 0.29) is 52.5 Å². The quantitative estimate of drug-likeness (QED) is 0.0463. The van der Waals surface area contributed by atoms with Crippen molar-refractivity contribution < 1.29 is 38.8 Å². The summed E-state index contributed by atoms with van der Waals surface area (Å²) >= 11 is 13.0. The third-order valence-corrected chi connectivity index (χ3v) is 15.5. The van der Waals surface area contributed by atoms with E-state index in [9.17, 15) is 30.4 Å². The first-order chi connectivity index (χ1) is 26.1. The minimum absolute atomic E-state index is 0.0439. The molecule has 3 aromatic rings. The summed E-state index contributed by atoms with van der Waals surface area (Å²) < 4.78 is 18.5. The van der Waals surface area contributed by atoms with Crippen LogP contribution in [0.4, 0.5) is 4.79 Å². The molecule has 1 fully saturated rings. The Morgan fingerprint density at radius 3 is 2.09 bits per heavy atom. The van der Waals surface area contributed by atoms with Gasteiger partial charge in [0.05, 0.1) is 53.6 Å². The fraction of sp³-hybridized carbons (Fsp3) is 0.487. The molecule has 16 heteroatoms. The molecule has 0 aliphatic carbocycles. The van der Waals surface area contributed by atoms with Crippen molar-refractivity contribution in [1.82, 2.24) is 10.2 Å². The van der Waals surface area contributed by atoms with Gasteiger partial charge < -0.3 is 34.5 Å². The molecule has 4 rings (SSSR count). The number of ether oxygens (including phenoxy) is 2. The van der Waals surface area contributed by atoms with Gasteiger partial charge in [-0.15, -0.1) is 0 Å². The fourth-order valence-electron chi connectivity index (χ4n) is 6.53. The highest BCUT2D eigenvalue weighted by molar-refractivity contribution is 6.74. The number of aliphatic hydroxyl groups excluding tert-OH is 3. The SMILES string of the molecule is CC(C)(C)[Si](C)(C)O[C@@H]([C@H](CO)N=[N+]=[N-])[C@@]1(CO)CC[C@H](C[C@@H](CO)NC(=O)c2cc(Cl)c(OCc3ccccc3)c(Cl)c2)N1C(=O)OCc1ccccc1. The number of carbonyl (C=O) groups excluding carboxylic acids is 2. The van der Waals surface area contributed by atoms with Gasteiger partial charge in [-0.25, -0.2) is 4.79 Å². The molecule has 1 aliphatic rings. The lowest BCUT2D eigenvalue weighted by Crippen LogP contribution is -2.66. The highest BCUT2D eigenvalue weighted by atomic mass is 35.5. The van der Waals surface area contributed by atoms with Crippen LogP contribution in [0.5, 0.6) is 5.75 Å². The first-order valence-corrected chi connectivity index (χ1v) is 21.8. The van der Waals surface area contributed by atoms with Gasteiger partial charge in [0, 0.05) is 16.5 Å². The van der Waals surface area contributed by atoms with Crippen molar-refractivity contribution in [2.24, 2.45) is 5.11 Å². The second kappa shape index (κ2) is 19.3. The van der Waals surface area contributed by atoms with E-state index in [1.165, 1.54) is 17.0 Å². The molecule has 3 aromatic carbocycles. The van der Waals surface area contributed by atoms with Crippen molar-refractivity contribution in [3.8, 4) is 5.75 Å². The number of amides is 2. The lowest BCUT2D eigenvalue weighted by atomic mass is 9.86. The predicted octanol–water partition coefficient (Wildman–Crippen LogP) is 7.65. The van der Waals surface area contributed by atoms with Crippen molar-refractivity contribution in [2.75, 3.05) is 19.8 Å². The smallest absolute Gasteiger partial charge is 0.410 e. The Hall–Kier alpha value is -3.85. The Morgan fingerprint density at radius 2 is 1.58 bits per heavy atom. The van der Waals surface area contributed by atoms with Crippen molar-refractivity contribution >= 4 is 43.5 Å². The van der Waals surface area contributed by atoms with Gasteiger partial charge in [0.1, 0.15) is 13.2 Å². The summed E-state index contributed by atoms with van der Waals surface area (Å²) in [5.74, 6) is -0.361. The van der Waals surface area contributed by atoms with E-state index < -0.39 is 69.9 Å². The summed E-state index contributed by atoms with van der Waals surface area (Å²) in [4.78, 5) is 32.2. The third kappa shape index (κ3) is 10.7. The van der Waals surface area contributed by atoms with Crippen molar-refractivity contribution in [2.45, 2.75) is 101 Å². The molecule has 1 saturated heterocycles. The standard InChI is InChI=1S/C39H51Cl2N5O8Si/c1-38(2,3)55(4,5)54-35(33(22-48)44-45-42)39(25-49)17-16-30(46(39)37(51)53-24-27-14-10-7-11-15-27)20-29(21-47)43-36(50)28-18-31(40)34(32(41)19-28)52-23-26-12-8-6-9-13-26/h6-15,18-19,29-30,33,35,47-49H,16-17,20-25H2,1-5H3,(H,43,50)/t29-,30+,33-,35-,39-/m0/s1. The molecule has 1 aliphatic heterocycles. The van der Waals surface area contributed by atoms with Gasteiger partial charge in [-0.2, -0.15) is 0 Å². The molecule has 0 unspecified atom stereocenters. The van der Waals surface area contributed by atoms with Crippen LogP contribution in [0, 0.1) is 0 Å². The first-order valence-electron chi connectivity index (χ1n) is 18.1. The van der Waals surface area contributed by atoms with Gasteiger partial charge >= 0.3 is 6.09 Å². The summed E-state index contributed by atoms with van der Waals surface area (Å²) in [6.45, 7) is 8.44. The van der Waals surface area contributed by atoms with Crippen LogP contribution >= 0.6 is 23.2 Å². The summed E-state index contributed by atoms with van der Waals surface area (Å²) in [7, 11) is -2.71. The maximum atomic E-state index is 14.3. The van der Waals surface area contributed by atoms with Gasteiger partial charge in [0.15, 0.2) is 14.1 Å². The Bertz CT molecular complexity index is 1770. The molecule has 0 saturated carbocycles. The molecule has 1 heterocycles. The lowest BCUT2D eigenvalue weighted by molar-refractivity contribution is -0.0608. The first kappa shape index (κ1) is 43.9. The number of rotatable bonds is 17. The third-order valence-electron chi connectivity index (χ3n) is 10.5. The van der Waals surface area contributed by atoms with E-state index in [0.29, 0.717) is 6.42 Å². The summed E-state index contributed by atoms with van der Waals surface area (Å²) in [5.41, 5.74) is 9.75.